The molecule has 2 aromatic rings. The second-order valence-corrected chi connectivity index (χ2v) is 10.8. The molecule has 0 saturated carbocycles. The maximum Gasteiger partial charge on any atom is 0.339 e. The minimum Gasteiger partial charge on any atom is -0.462 e. The number of esters is 1. The number of carbonyl (C=O) groups excluding carboxylic acids is 3. The van der Waals surface area contributed by atoms with Crippen molar-refractivity contribution in [3.63, 3.8) is 0 Å². The molecular formula is C22H19Cl2NO7S2. The van der Waals surface area contributed by atoms with Gasteiger partial charge >= 0.3 is 16.1 Å². The molecule has 34 heavy (non-hydrogen) atoms. The van der Waals surface area contributed by atoms with E-state index in [1.54, 1.807) is 26.0 Å². The molecule has 2 aromatic carbocycles. The van der Waals surface area contributed by atoms with Gasteiger partial charge in [-0.1, -0.05) is 40.9 Å². The number of thioether (sulfide) groups is 1. The zero-order valence-corrected chi connectivity index (χ0v) is 21.3. The van der Waals surface area contributed by atoms with Crippen molar-refractivity contribution < 1.29 is 31.7 Å². The highest BCUT2D eigenvalue weighted by molar-refractivity contribution is 8.18. The highest BCUT2D eigenvalue weighted by atomic mass is 35.5. The van der Waals surface area contributed by atoms with Crippen LogP contribution in [0.5, 0.6) is 5.75 Å². The number of nitrogens with zero attached hydrogens (tertiary/aromatic N) is 1. The molecule has 1 heterocycles. The molecule has 3 rings (SSSR count). The smallest absolute Gasteiger partial charge is 0.339 e. The first-order chi connectivity index (χ1) is 15.9. The molecule has 0 unspecified atom stereocenters. The molecule has 180 valence electrons. The second-order valence-electron chi connectivity index (χ2n) is 7.47. The Morgan fingerprint density at radius 1 is 1.12 bits per heavy atom. The van der Waals surface area contributed by atoms with Crippen LogP contribution in [-0.4, -0.2) is 43.1 Å². The molecule has 0 aliphatic carbocycles. The Hall–Kier alpha value is -2.53. The van der Waals surface area contributed by atoms with Gasteiger partial charge in [0, 0.05) is 0 Å². The Kier molecular flexibility index (Phi) is 7.97. The first-order valence-electron chi connectivity index (χ1n) is 9.82. The predicted molar refractivity (Wildman–Crippen MR) is 129 cm³/mol. The van der Waals surface area contributed by atoms with Crippen LogP contribution in [0.4, 0.5) is 4.79 Å². The average Bonchev–Trinajstić information content (AvgIpc) is 2.98. The van der Waals surface area contributed by atoms with Crippen molar-refractivity contribution in [2.24, 2.45) is 0 Å². The standard InChI is InChI=1S/C22H19Cl2NO7S2/c1-12(2)31-19(26)11-25-21(27)18(33-22(25)28)10-14-8-16(23)20(17(24)9-14)32-34(29,30)15-6-4-13(3)5-7-15/h4-10,12H,11H2,1-3H3/b18-10-. The van der Waals surface area contributed by atoms with Crippen molar-refractivity contribution in [1.29, 1.82) is 0 Å². The van der Waals surface area contributed by atoms with E-state index >= 15 is 0 Å². The summed E-state index contributed by atoms with van der Waals surface area (Å²) in [5.74, 6) is -1.66. The van der Waals surface area contributed by atoms with Gasteiger partial charge in [0.15, 0.2) is 5.75 Å². The van der Waals surface area contributed by atoms with E-state index in [1.807, 2.05) is 6.92 Å². The van der Waals surface area contributed by atoms with Gasteiger partial charge in [-0.25, -0.2) is 0 Å². The zero-order chi connectivity index (χ0) is 25.2. The lowest BCUT2D eigenvalue weighted by atomic mass is 10.2. The summed E-state index contributed by atoms with van der Waals surface area (Å²) in [5.41, 5.74) is 1.20. The summed E-state index contributed by atoms with van der Waals surface area (Å²) >= 11 is 13.1. The maximum atomic E-state index is 12.6. The lowest BCUT2D eigenvalue weighted by Gasteiger charge is -2.13. The van der Waals surface area contributed by atoms with Crippen LogP contribution in [0.25, 0.3) is 6.08 Å². The summed E-state index contributed by atoms with van der Waals surface area (Å²) in [5, 5.41) is -0.860. The fraction of sp³-hybridized carbons (Fsp3) is 0.227. The molecule has 0 atom stereocenters. The summed E-state index contributed by atoms with van der Waals surface area (Å²) in [6.07, 6.45) is 0.970. The van der Waals surface area contributed by atoms with Crippen LogP contribution in [0.2, 0.25) is 10.0 Å². The number of rotatable bonds is 7. The molecular weight excluding hydrogens is 525 g/mol. The van der Waals surface area contributed by atoms with Crippen molar-refractivity contribution in [2.45, 2.75) is 31.8 Å². The Bertz CT molecular complexity index is 1270. The summed E-state index contributed by atoms with van der Waals surface area (Å²) in [6.45, 7) is 4.61. The highest BCUT2D eigenvalue weighted by Gasteiger charge is 2.37. The molecule has 0 aromatic heterocycles. The number of benzene rings is 2. The van der Waals surface area contributed by atoms with E-state index < -0.39 is 33.8 Å². The van der Waals surface area contributed by atoms with E-state index in [9.17, 15) is 22.8 Å². The summed E-state index contributed by atoms with van der Waals surface area (Å²) < 4.78 is 35.3. The van der Waals surface area contributed by atoms with Gasteiger partial charge in [-0.15, -0.1) is 0 Å². The van der Waals surface area contributed by atoms with E-state index in [0.717, 1.165) is 10.5 Å². The Labute approximate surface area is 210 Å². The molecule has 12 heteroatoms. The SMILES string of the molecule is Cc1ccc(S(=O)(=O)Oc2c(Cl)cc(/C=C3\SC(=O)N(CC(=O)OC(C)C)C3=O)cc2Cl)cc1. The van der Waals surface area contributed by atoms with E-state index in [2.05, 4.69) is 0 Å². The topological polar surface area (TPSA) is 107 Å². The van der Waals surface area contributed by atoms with Crippen molar-refractivity contribution in [2.75, 3.05) is 6.54 Å². The summed E-state index contributed by atoms with van der Waals surface area (Å²) in [4.78, 5) is 37.3. The molecule has 1 aliphatic rings. The summed E-state index contributed by atoms with van der Waals surface area (Å²) in [6, 6.07) is 8.72. The van der Waals surface area contributed by atoms with Gasteiger partial charge in [0.05, 0.1) is 21.1 Å². The van der Waals surface area contributed by atoms with E-state index in [0.29, 0.717) is 17.3 Å². The van der Waals surface area contributed by atoms with Gasteiger partial charge in [-0.2, -0.15) is 8.42 Å². The van der Waals surface area contributed by atoms with E-state index in [4.69, 9.17) is 32.1 Å². The highest BCUT2D eigenvalue weighted by Crippen LogP contribution is 2.38. The largest absolute Gasteiger partial charge is 0.462 e. The molecule has 1 saturated heterocycles. The van der Waals surface area contributed by atoms with Crippen LogP contribution < -0.4 is 4.18 Å². The first-order valence-corrected chi connectivity index (χ1v) is 12.8. The molecule has 0 N–H and O–H groups in total. The third kappa shape index (κ3) is 6.12. The Morgan fingerprint density at radius 3 is 2.26 bits per heavy atom. The molecule has 0 spiro atoms. The number of hydrogen-bond acceptors (Lipinski definition) is 8. The van der Waals surface area contributed by atoms with Crippen LogP contribution >= 0.6 is 35.0 Å². The first kappa shape index (κ1) is 26.1. The molecule has 2 amide bonds. The Morgan fingerprint density at radius 2 is 1.71 bits per heavy atom. The van der Waals surface area contributed by atoms with Crippen LogP contribution in [0.3, 0.4) is 0 Å². The number of carbonyl (C=O) groups is 3. The van der Waals surface area contributed by atoms with Crippen molar-refractivity contribution in [1.82, 2.24) is 4.90 Å². The lowest BCUT2D eigenvalue weighted by Crippen LogP contribution is -2.35. The number of hydrogen-bond donors (Lipinski definition) is 0. The number of ether oxygens (including phenoxy) is 1. The van der Waals surface area contributed by atoms with Crippen LogP contribution in [0.1, 0.15) is 25.0 Å². The summed E-state index contributed by atoms with van der Waals surface area (Å²) in [7, 11) is -4.19. The number of imide groups is 1. The van der Waals surface area contributed by atoms with Gasteiger partial charge in [0.25, 0.3) is 11.1 Å². The number of amides is 2. The minimum atomic E-state index is -4.19. The van der Waals surface area contributed by atoms with Crippen molar-refractivity contribution >= 4 is 68.3 Å². The van der Waals surface area contributed by atoms with Crippen molar-refractivity contribution in [3.05, 3.63) is 62.5 Å². The predicted octanol–water partition coefficient (Wildman–Crippen LogP) is 5.06. The van der Waals surface area contributed by atoms with Gasteiger partial charge in [0.1, 0.15) is 11.4 Å². The molecule has 1 fully saturated rings. The molecule has 1 aliphatic heterocycles. The van der Waals surface area contributed by atoms with E-state index in [-0.39, 0.29) is 31.7 Å². The normalized spacial score (nSPS) is 15.4. The minimum absolute atomic E-state index is 0.0374. The third-order valence-electron chi connectivity index (χ3n) is 4.35. The van der Waals surface area contributed by atoms with Gasteiger partial charge in [-0.3, -0.25) is 19.3 Å². The zero-order valence-electron chi connectivity index (χ0n) is 18.2. The van der Waals surface area contributed by atoms with Crippen LogP contribution in [-0.2, 0) is 24.4 Å². The second kappa shape index (κ2) is 10.4. The molecule has 8 nitrogen and oxygen atoms in total. The Balaban J connectivity index is 1.82. The maximum absolute atomic E-state index is 12.6. The quantitative estimate of drug-likeness (QED) is 0.271. The number of halogens is 2. The van der Waals surface area contributed by atoms with Crippen molar-refractivity contribution in [3.8, 4) is 5.75 Å². The van der Waals surface area contributed by atoms with Gasteiger partial charge < -0.3 is 8.92 Å². The van der Waals surface area contributed by atoms with Crippen LogP contribution in [0, 0.1) is 6.92 Å². The molecule has 0 bridgehead atoms. The van der Waals surface area contributed by atoms with Gasteiger partial charge in [-0.05, 0) is 68.4 Å². The lowest BCUT2D eigenvalue weighted by molar-refractivity contribution is -0.149. The fourth-order valence-corrected chi connectivity index (χ4v) is 5.30. The monoisotopic (exact) mass is 543 g/mol. The molecule has 0 radical (unpaired) electrons. The number of aryl methyl sites for hydroxylation is 1. The van der Waals surface area contributed by atoms with Gasteiger partial charge in [0.2, 0.25) is 0 Å². The third-order valence-corrected chi connectivity index (χ3v) is 7.05. The average molecular weight is 544 g/mol. The van der Waals surface area contributed by atoms with E-state index in [1.165, 1.54) is 30.3 Å². The van der Waals surface area contributed by atoms with Crippen LogP contribution in [0.15, 0.2) is 46.2 Å². The fourth-order valence-electron chi connectivity index (χ4n) is 2.82.